The average Bonchev–Trinajstić information content (AvgIpc) is 3.38. The third-order valence-corrected chi connectivity index (χ3v) is 8.87. The lowest BCUT2D eigenvalue weighted by Crippen LogP contribution is -2.53. The number of rotatable bonds is 5. The summed E-state index contributed by atoms with van der Waals surface area (Å²) in [5.41, 5.74) is 4.93. The minimum Gasteiger partial charge on any atom is -0.347 e. The van der Waals surface area contributed by atoms with E-state index in [1.165, 1.54) is 21.4 Å². The Morgan fingerprint density at radius 2 is 1.57 bits per heavy atom. The lowest BCUT2D eigenvalue weighted by molar-refractivity contribution is -0.137. The van der Waals surface area contributed by atoms with Crippen LogP contribution in [-0.4, -0.2) is 60.0 Å². The number of thiazole rings is 1. The zero-order chi connectivity index (χ0) is 25.2. The maximum absolute atomic E-state index is 13.6. The van der Waals surface area contributed by atoms with Crippen LogP contribution in [0.3, 0.4) is 0 Å². The summed E-state index contributed by atoms with van der Waals surface area (Å²) in [5, 5.41) is 1.05. The third-order valence-electron chi connectivity index (χ3n) is 7.80. The molecule has 3 aromatic carbocycles. The summed E-state index contributed by atoms with van der Waals surface area (Å²) < 4.78 is 1.23. The Labute approximate surface area is 223 Å². The lowest BCUT2D eigenvalue weighted by atomic mass is 9.95. The molecule has 2 saturated heterocycles. The average molecular weight is 511 g/mol. The third kappa shape index (κ3) is 5.13. The first kappa shape index (κ1) is 24.1. The second-order valence-electron chi connectivity index (χ2n) is 10.3. The Morgan fingerprint density at radius 3 is 2.24 bits per heavy atom. The van der Waals surface area contributed by atoms with Gasteiger partial charge in [0.2, 0.25) is 5.91 Å². The fourth-order valence-electron chi connectivity index (χ4n) is 5.85. The molecule has 2 aliphatic heterocycles. The van der Waals surface area contributed by atoms with Crippen molar-refractivity contribution in [2.75, 3.05) is 44.2 Å². The van der Waals surface area contributed by atoms with Gasteiger partial charge in [0.25, 0.3) is 0 Å². The summed E-state index contributed by atoms with van der Waals surface area (Å²) in [6, 6.07) is 28.1. The van der Waals surface area contributed by atoms with Crippen LogP contribution in [-0.2, 0) is 4.79 Å². The zero-order valence-electron chi connectivity index (χ0n) is 21.4. The first-order valence-corrected chi connectivity index (χ1v) is 14.2. The molecule has 0 N–H and O–H groups in total. The van der Waals surface area contributed by atoms with Crippen LogP contribution in [0.4, 0.5) is 5.13 Å². The van der Waals surface area contributed by atoms with Crippen LogP contribution in [0.15, 0.2) is 78.9 Å². The molecule has 3 heterocycles. The number of amides is 1. The van der Waals surface area contributed by atoms with E-state index in [1.54, 1.807) is 11.3 Å². The van der Waals surface area contributed by atoms with E-state index in [0.29, 0.717) is 5.91 Å². The van der Waals surface area contributed by atoms with Gasteiger partial charge in [-0.25, -0.2) is 4.98 Å². The number of nitrogens with zero attached hydrogens (tertiary/aromatic N) is 4. The molecule has 1 amide bonds. The molecule has 1 unspecified atom stereocenters. The summed E-state index contributed by atoms with van der Waals surface area (Å²) in [6.45, 7) is 7.20. The number of carbonyl (C=O) groups excluding carboxylic acids is 1. The van der Waals surface area contributed by atoms with Gasteiger partial charge in [0, 0.05) is 39.3 Å². The Morgan fingerprint density at radius 1 is 0.892 bits per heavy atom. The molecule has 0 radical (unpaired) electrons. The summed E-state index contributed by atoms with van der Waals surface area (Å²) in [5.74, 6) is 0.366. The molecule has 0 aliphatic carbocycles. The van der Waals surface area contributed by atoms with E-state index in [9.17, 15) is 4.79 Å². The van der Waals surface area contributed by atoms with Crippen LogP contribution in [0, 0.1) is 12.8 Å². The number of benzene rings is 3. The number of aromatic nitrogens is 1. The monoisotopic (exact) mass is 510 g/mol. The van der Waals surface area contributed by atoms with Gasteiger partial charge in [-0.3, -0.25) is 9.69 Å². The Bertz CT molecular complexity index is 1310. The highest BCUT2D eigenvalue weighted by Crippen LogP contribution is 2.33. The van der Waals surface area contributed by atoms with Crippen molar-refractivity contribution in [1.82, 2.24) is 14.8 Å². The molecule has 37 heavy (non-hydrogen) atoms. The largest absolute Gasteiger partial charge is 0.347 e. The molecule has 1 atom stereocenters. The van der Waals surface area contributed by atoms with Crippen molar-refractivity contribution in [2.45, 2.75) is 25.8 Å². The molecule has 4 aromatic rings. The number of piperidine rings is 1. The van der Waals surface area contributed by atoms with Gasteiger partial charge in [0.1, 0.15) is 0 Å². The molecular weight excluding hydrogens is 476 g/mol. The first-order chi connectivity index (χ1) is 18.2. The topological polar surface area (TPSA) is 39.7 Å². The van der Waals surface area contributed by atoms with Gasteiger partial charge in [0.05, 0.1) is 22.2 Å². The predicted octanol–water partition coefficient (Wildman–Crippen LogP) is 5.75. The van der Waals surface area contributed by atoms with Crippen LogP contribution in [0.5, 0.6) is 0 Å². The van der Waals surface area contributed by atoms with Gasteiger partial charge in [-0.1, -0.05) is 78.1 Å². The van der Waals surface area contributed by atoms with Crippen molar-refractivity contribution in [3.63, 3.8) is 0 Å². The fourth-order valence-corrected chi connectivity index (χ4v) is 6.95. The summed E-state index contributed by atoms with van der Waals surface area (Å²) >= 11 is 1.75. The van der Waals surface area contributed by atoms with Crippen molar-refractivity contribution in [3.05, 3.63) is 95.6 Å². The molecule has 1 aromatic heterocycles. The number of hydrogen-bond acceptors (Lipinski definition) is 5. The standard InChI is InChI=1S/C31H34N4OS/c1-23-14-15-27-28(21-23)37-31(32-27)35-16-8-13-26(22-35)30(36)34-19-17-33(18-20-34)29(24-9-4-2-5-10-24)25-11-6-3-7-12-25/h2-7,9-12,14-15,21,26,29H,8,13,16-20,22H2,1H3. The van der Waals surface area contributed by atoms with E-state index in [-0.39, 0.29) is 12.0 Å². The van der Waals surface area contributed by atoms with Crippen LogP contribution in [0.1, 0.15) is 35.6 Å². The van der Waals surface area contributed by atoms with Crippen molar-refractivity contribution in [2.24, 2.45) is 5.92 Å². The minimum absolute atomic E-state index is 0.0492. The zero-order valence-corrected chi connectivity index (χ0v) is 22.2. The minimum atomic E-state index is 0.0492. The number of hydrogen-bond donors (Lipinski definition) is 0. The highest BCUT2D eigenvalue weighted by molar-refractivity contribution is 7.22. The van der Waals surface area contributed by atoms with Gasteiger partial charge in [-0.15, -0.1) is 0 Å². The van der Waals surface area contributed by atoms with Crippen LogP contribution in [0.25, 0.3) is 10.2 Å². The first-order valence-electron chi connectivity index (χ1n) is 13.4. The molecular formula is C31H34N4OS. The quantitative estimate of drug-likeness (QED) is 0.343. The predicted molar refractivity (Wildman–Crippen MR) is 152 cm³/mol. The lowest BCUT2D eigenvalue weighted by Gasteiger charge is -2.42. The Kier molecular flexibility index (Phi) is 6.94. The van der Waals surface area contributed by atoms with E-state index >= 15 is 0 Å². The molecule has 2 fully saturated rings. The maximum atomic E-state index is 13.6. The maximum Gasteiger partial charge on any atom is 0.227 e. The van der Waals surface area contributed by atoms with Crippen LogP contribution in [0.2, 0.25) is 0 Å². The van der Waals surface area contributed by atoms with Crippen LogP contribution < -0.4 is 4.90 Å². The van der Waals surface area contributed by atoms with Crippen molar-refractivity contribution in [1.29, 1.82) is 0 Å². The number of carbonyl (C=O) groups is 1. The number of fused-ring (bicyclic) bond motifs is 1. The second-order valence-corrected chi connectivity index (χ2v) is 11.3. The molecule has 0 bridgehead atoms. The van der Waals surface area contributed by atoms with E-state index in [1.807, 2.05) is 0 Å². The van der Waals surface area contributed by atoms with Crippen LogP contribution >= 0.6 is 11.3 Å². The van der Waals surface area contributed by atoms with Gasteiger partial charge < -0.3 is 9.80 Å². The molecule has 2 aliphatic rings. The van der Waals surface area contributed by atoms with Gasteiger partial charge in [-0.05, 0) is 48.6 Å². The Balaban J connectivity index is 1.12. The normalized spacial score (nSPS) is 19.0. The number of anilines is 1. The van der Waals surface area contributed by atoms with Crippen molar-refractivity contribution < 1.29 is 4.79 Å². The summed E-state index contributed by atoms with van der Waals surface area (Å²) in [6.07, 6.45) is 2.01. The molecule has 190 valence electrons. The highest BCUT2D eigenvalue weighted by Gasteiger charge is 2.33. The fraction of sp³-hybridized carbons (Fsp3) is 0.355. The molecule has 0 saturated carbocycles. The molecule has 6 heteroatoms. The second kappa shape index (κ2) is 10.6. The summed E-state index contributed by atoms with van der Waals surface area (Å²) in [4.78, 5) is 25.5. The Hall–Kier alpha value is -3.22. The SMILES string of the molecule is Cc1ccc2nc(N3CCCC(C(=O)N4CCN(C(c5ccccc5)c5ccccc5)CC4)C3)sc2c1. The molecule has 5 nitrogen and oxygen atoms in total. The molecule has 0 spiro atoms. The van der Waals surface area contributed by atoms with Crippen molar-refractivity contribution >= 4 is 32.6 Å². The summed E-state index contributed by atoms with van der Waals surface area (Å²) in [7, 11) is 0. The van der Waals surface area contributed by atoms with E-state index in [0.717, 1.165) is 62.8 Å². The number of aryl methyl sites for hydroxylation is 1. The van der Waals surface area contributed by atoms with E-state index in [2.05, 4.69) is 100 Å². The van der Waals surface area contributed by atoms with E-state index < -0.39 is 0 Å². The number of piperazine rings is 1. The van der Waals surface area contributed by atoms with Crippen molar-refractivity contribution in [3.8, 4) is 0 Å². The highest BCUT2D eigenvalue weighted by atomic mass is 32.1. The smallest absolute Gasteiger partial charge is 0.227 e. The van der Waals surface area contributed by atoms with Gasteiger partial charge >= 0.3 is 0 Å². The van der Waals surface area contributed by atoms with Gasteiger partial charge in [0.15, 0.2) is 5.13 Å². The van der Waals surface area contributed by atoms with Gasteiger partial charge in [-0.2, -0.15) is 0 Å². The van der Waals surface area contributed by atoms with E-state index in [4.69, 9.17) is 4.98 Å². The molecule has 6 rings (SSSR count).